The van der Waals surface area contributed by atoms with Crippen molar-refractivity contribution in [3.63, 3.8) is 0 Å². The van der Waals surface area contributed by atoms with Crippen molar-refractivity contribution < 1.29 is 0 Å². The highest BCUT2D eigenvalue weighted by molar-refractivity contribution is 7.21. The lowest BCUT2D eigenvalue weighted by Crippen LogP contribution is -1.86. The van der Waals surface area contributed by atoms with E-state index in [1.54, 1.807) is 11.3 Å². The summed E-state index contributed by atoms with van der Waals surface area (Å²) in [5.74, 6) is 0. The number of rotatable bonds is 2. The van der Waals surface area contributed by atoms with Crippen LogP contribution in [0.3, 0.4) is 0 Å². The first-order valence-electron chi connectivity index (χ1n) is 5.91. The Morgan fingerprint density at radius 1 is 1.06 bits per heavy atom. The van der Waals surface area contributed by atoms with Gasteiger partial charge >= 0.3 is 0 Å². The van der Waals surface area contributed by atoms with Gasteiger partial charge < -0.3 is 5.32 Å². The van der Waals surface area contributed by atoms with Gasteiger partial charge in [0.25, 0.3) is 0 Å². The van der Waals surface area contributed by atoms with Gasteiger partial charge in [0.1, 0.15) is 5.01 Å². The van der Waals surface area contributed by atoms with E-state index < -0.39 is 0 Å². The van der Waals surface area contributed by atoms with Crippen LogP contribution in [0, 0.1) is 6.92 Å². The number of fused-ring (bicyclic) bond motifs is 1. The van der Waals surface area contributed by atoms with Gasteiger partial charge in [0.2, 0.25) is 0 Å². The van der Waals surface area contributed by atoms with Crippen LogP contribution in [0.4, 0.5) is 5.69 Å². The molecule has 0 unspecified atom stereocenters. The lowest BCUT2D eigenvalue weighted by molar-refractivity contribution is 1.45. The Morgan fingerprint density at radius 3 is 2.56 bits per heavy atom. The summed E-state index contributed by atoms with van der Waals surface area (Å²) >= 11 is 1.75. The summed E-state index contributed by atoms with van der Waals surface area (Å²) < 4.78 is 1.25. The highest BCUT2D eigenvalue weighted by atomic mass is 32.1. The van der Waals surface area contributed by atoms with E-state index in [4.69, 9.17) is 0 Å². The van der Waals surface area contributed by atoms with Crippen LogP contribution in [0.2, 0.25) is 0 Å². The van der Waals surface area contributed by atoms with Gasteiger partial charge in [-0.2, -0.15) is 0 Å². The monoisotopic (exact) mass is 253 g/mol. The van der Waals surface area contributed by atoms with Crippen LogP contribution >= 0.6 is 11.3 Å². The summed E-state index contributed by atoms with van der Waals surface area (Å²) in [5, 5.41) is 4.20. The fraction of sp³-hybridized carbons (Fsp3) is 0.133. The van der Waals surface area contributed by atoms with Crippen molar-refractivity contribution in [3.05, 3.63) is 48.0 Å². The van der Waals surface area contributed by atoms with E-state index in [0.717, 1.165) is 16.2 Å². The maximum Gasteiger partial charge on any atom is 0.124 e. The van der Waals surface area contributed by atoms with Crippen molar-refractivity contribution in [2.45, 2.75) is 6.92 Å². The standard InChI is InChI=1S/C15H14N2S/c1-10-3-8-13-14(9-10)18-15(17-13)11-4-6-12(16-2)7-5-11/h3-9,16H,1-2H3/i2-1. The quantitative estimate of drug-likeness (QED) is 0.736. The molecule has 0 aliphatic carbocycles. The van der Waals surface area contributed by atoms with Gasteiger partial charge in [-0.1, -0.05) is 6.07 Å². The average Bonchev–Trinajstić information content (AvgIpc) is 2.81. The maximum atomic E-state index is 4.68. The van der Waals surface area contributed by atoms with Crippen LogP contribution in [-0.2, 0) is 0 Å². The highest BCUT2D eigenvalue weighted by Crippen LogP contribution is 2.31. The summed E-state index contributed by atoms with van der Waals surface area (Å²) in [6.45, 7) is 2.11. The van der Waals surface area contributed by atoms with E-state index in [9.17, 15) is 0 Å². The second kappa shape index (κ2) is 4.42. The average molecular weight is 253 g/mol. The largest absolute Gasteiger partial charge is 0.388 e. The van der Waals surface area contributed by atoms with Gasteiger partial charge in [-0.3, -0.25) is 0 Å². The van der Waals surface area contributed by atoms with Gasteiger partial charge in [0.15, 0.2) is 0 Å². The van der Waals surface area contributed by atoms with Crippen molar-refractivity contribution in [2.24, 2.45) is 0 Å². The Labute approximate surface area is 110 Å². The summed E-state index contributed by atoms with van der Waals surface area (Å²) in [4.78, 5) is 4.68. The number of thiazole rings is 1. The van der Waals surface area contributed by atoms with Crippen LogP contribution in [-0.4, -0.2) is 12.0 Å². The number of aryl methyl sites for hydroxylation is 1. The molecule has 1 N–H and O–H groups in total. The number of benzene rings is 2. The Bertz CT molecular complexity index is 683. The molecule has 2 aromatic carbocycles. The molecule has 90 valence electrons. The number of nitrogens with one attached hydrogen (secondary N) is 1. The molecule has 0 amide bonds. The molecular weight excluding hydrogens is 239 g/mol. The lowest BCUT2D eigenvalue weighted by atomic mass is 10.2. The third-order valence-electron chi connectivity index (χ3n) is 2.96. The van der Waals surface area contributed by atoms with E-state index in [2.05, 4.69) is 59.7 Å². The first-order chi connectivity index (χ1) is 8.76. The van der Waals surface area contributed by atoms with Crippen LogP contribution in [0.5, 0.6) is 0 Å². The predicted molar refractivity (Wildman–Crippen MR) is 79.3 cm³/mol. The fourth-order valence-corrected chi connectivity index (χ4v) is 3.00. The van der Waals surface area contributed by atoms with Crippen LogP contribution in [0.25, 0.3) is 20.8 Å². The molecule has 0 aliphatic rings. The molecule has 0 saturated carbocycles. The van der Waals surface area contributed by atoms with E-state index in [1.807, 2.05) is 7.05 Å². The van der Waals surface area contributed by atoms with Gasteiger partial charge in [-0.15, -0.1) is 11.3 Å². The molecule has 0 atom stereocenters. The molecule has 1 heterocycles. The van der Waals surface area contributed by atoms with Gasteiger partial charge in [-0.25, -0.2) is 4.98 Å². The van der Waals surface area contributed by atoms with E-state index in [-0.39, 0.29) is 0 Å². The van der Waals surface area contributed by atoms with Gasteiger partial charge in [0, 0.05) is 18.3 Å². The van der Waals surface area contributed by atoms with E-state index >= 15 is 0 Å². The summed E-state index contributed by atoms with van der Waals surface area (Å²) in [5.41, 5.74) is 4.66. The first-order valence-corrected chi connectivity index (χ1v) is 6.73. The molecule has 1 aromatic heterocycles. The Morgan fingerprint density at radius 2 is 1.83 bits per heavy atom. The smallest absolute Gasteiger partial charge is 0.124 e. The van der Waals surface area contributed by atoms with Crippen molar-refractivity contribution in [1.82, 2.24) is 4.98 Å². The molecule has 0 aliphatic heterocycles. The highest BCUT2D eigenvalue weighted by Gasteiger charge is 2.06. The van der Waals surface area contributed by atoms with E-state index in [1.165, 1.54) is 15.8 Å². The Balaban J connectivity index is 2.07. The summed E-state index contributed by atoms with van der Waals surface area (Å²) in [6, 6.07) is 14.8. The Kier molecular flexibility index (Phi) is 2.76. The van der Waals surface area contributed by atoms with Gasteiger partial charge in [0.05, 0.1) is 10.2 Å². The van der Waals surface area contributed by atoms with Crippen LogP contribution < -0.4 is 5.32 Å². The topological polar surface area (TPSA) is 24.9 Å². The Hall–Kier alpha value is -1.87. The maximum absolute atomic E-state index is 4.68. The number of anilines is 1. The zero-order valence-corrected chi connectivity index (χ0v) is 11.2. The van der Waals surface area contributed by atoms with Gasteiger partial charge in [-0.05, 0) is 48.9 Å². The third kappa shape index (κ3) is 1.97. The lowest BCUT2D eigenvalue weighted by Gasteiger charge is -2.00. The molecule has 0 radical (unpaired) electrons. The molecule has 3 aromatic rings. The summed E-state index contributed by atoms with van der Waals surface area (Å²) in [7, 11) is 1.93. The third-order valence-corrected chi connectivity index (χ3v) is 4.03. The number of hydrogen-bond acceptors (Lipinski definition) is 3. The molecule has 0 bridgehead atoms. The molecular formula is C15H14N2S. The fourth-order valence-electron chi connectivity index (χ4n) is 1.93. The zero-order valence-electron chi connectivity index (χ0n) is 10.4. The number of hydrogen-bond donors (Lipinski definition) is 1. The minimum absolute atomic E-state index is 1.08. The SMILES string of the molecule is Cc1ccc2nc(-c3ccc(N[11CH3])cc3)sc2c1. The zero-order chi connectivity index (χ0) is 12.5. The normalized spacial score (nSPS) is 10.8. The minimum Gasteiger partial charge on any atom is -0.388 e. The molecule has 18 heavy (non-hydrogen) atoms. The van der Waals surface area contributed by atoms with Crippen LogP contribution in [0.15, 0.2) is 42.5 Å². The second-order valence-electron chi connectivity index (χ2n) is 4.32. The predicted octanol–water partition coefficient (Wildman–Crippen LogP) is 4.31. The molecule has 2 nitrogen and oxygen atoms in total. The van der Waals surface area contributed by atoms with Crippen molar-refractivity contribution in [1.29, 1.82) is 0 Å². The molecule has 3 heteroatoms. The second-order valence-corrected chi connectivity index (χ2v) is 5.35. The molecule has 0 saturated heterocycles. The number of aromatic nitrogens is 1. The summed E-state index contributed by atoms with van der Waals surface area (Å²) in [6.07, 6.45) is 0. The van der Waals surface area contributed by atoms with Crippen molar-refractivity contribution >= 4 is 27.2 Å². The molecule has 0 spiro atoms. The van der Waals surface area contributed by atoms with Crippen molar-refractivity contribution in [2.75, 3.05) is 12.4 Å². The van der Waals surface area contributed by atoms with E-state index in [0.29, 0.717) is 0 Å². The minimum atomic E-state index is 1.08. The molecule has 3 rings (SSSR count). The number of nitrogens with zero attached hydrogens (tertiary/aromatic N) is 1. The molecule has 0 fully saturated rings. The first kappa shape index (κ1) is 11.2. The van der Waals surface area contributed by atoms with Crippen molar-refractivity contribution in [3.8, 4) is 10.6 Å². The van der Waals surface area contributed by atoms with Crippen LogP contribution in [0.1, 0.15) is 5.56 Å².